The van der Waals surface area contributed by atoms with E-state index in [9.17, 15) is 4.79 Å². The number of aromatic nitrogens is 2. The molecule has 2 rings (SSSR count). The Morgan fingerprint density at radius 1 is 1.64 bits per heavy atom. The maximum atomic E-state index is 10.3. The van der Waals surface area contributed by atoms with Crippen molar-refractivity contribution in [3.63, 3.8) is 0 Å². The molecule has 2 aromatic heterocycles. The van der Waals surface area contributed by atoms with Crippen molar-refractivity contribution in [2.75, 3.05) is 11.9 Å². The van der Waals surface area contributed by atoms with Crippen molar-refractivity contribution in [3.8, 4) is 0 Å². The van der Waals surface area contributed by atoms with Gasteiger partial charge in [0, 0.05) is 0 Å². The minimum absolute atomic E-state index is 0.171. The molecular weight excluding hydrogens is 202 g/mol. The van der Waals surface area contributed by atoms with Gasteiger partial charge in [-0.3, -0.25) is 4.79 Å². The fraction of sp³-hybridized carbons (Fsp3) is 0.125. The number of carbonyl (C=O) groups is 1. The fourth-order valence-electron chi connectivity index (χ4n) is 1.01. The summed E-state index contributed by atoms with van der Waals surface area (Å²) in [4.78, 5) is 18.4. The molecule has 0 aromatic carbocycles. The first-order valence-electron chi connectivity index (χ1n) is 3.91. The monoisotopic (exact) mass is 209 g/mol. The number of rotatable bonds is 3. The summed E-state index contributed by atoms with van der Waals surface area (Å²) in [6.45, 7) is -0.171. The lowest BCUT2D eigenvalue weighted by molar-refractivity contribution is -0.134. The molecule has 2 heterocycles. The van der Waals surface area contributed by atoms with Crippen molar-refractivity contribution in [2.45, 2.75) is 0 Å². The second-order valence-electron chi connectivity index (χ2n) is 2.61. The van der Waals surface area contributed by atoms with Crippen LogP contribution in [0.25, 0.3) is 10.2 Å². The Labute approximate surface area is 83.4 Å². The normalized spacial score (nSPS) is 10.3. The Hall–Kier alpha value is -1.69. The molecule has 0 saturated heterocycles. The number of carboxylic acid groups (broad SMARTS) is 1. The number of nitrogens with zero attached hydrogens (tertiary/aromatic N) is 2. The SMILES string of the molecule is O=C(O)CNc1ncc2sccc2n1. The Morgan fingerprint density at radius 2 is 2.50 bits per heavy atom. The lowest BCUT2D eigenvalue weighted by Crippen LogP contribution is -2.13. The van der Waals surface area contributed by atoms with Crippen molar-refractivity contribution in [1.82, 2.24) is 9.97 Å². The average molecular weight is 209 g/mol. The number of hydrogen-bond acceptors (Lipinski definition) is 5. The third-order valence-electron chi connectivity index (χ3n) is 1.60. The molecule has 5 nitrogen and oxygen atoms in total. The number of hydrogen-bond donors (Lipinski definition) is 2. The van der Waals surface area contributed by atoms with E-state index < -0.39 is 5.97 Å². The summed E-state index contributed by atoms with van der Waals surface area (Å²) in [5.74, 6) is -0.586. The molecule has 0 radical (unpaired) electrons. The number of nitrogens with one attached hydrogen (secondary N) is 1. The first-order valence-corrected chi connectivity index (χ1v) is 4.79. The zero-order chi connectivity index (χ0) is 9.97. The summed E-state index contributed by atoms with van der Waals surface area (Å²) in [6.07, 6.45) is 1.68. The zero-order valence-corrected chi connectivity index (χ0v) is 7.91. The minimum atomic E-state index is -0.931. The molecule has 0 unspecified atom stereocenters. The van der Waals surface area contributed by atoms with Gasteiger partial charge in [-0.05, 0) is 11.4 Å². The van der Waals surface area contributed by atoms with Gasteiger partial charge in [0.1, 0.15) is 6.54 Å². The summed E-state index contributed by atoms with van der Waals surface area (Å²) in [7, 11) is 0. The lowest BCUT2D eigenvalue weighted by Gasteiger charge is -1.99. The highest BCUT2D eigenvalue weighted by atomic mass is 32.1. The highest BCUT2D eigenvalue weighted by molar-refractivity contribution is 7.17. The molecule has 0 spiro atoms. The molecule has 0 saturated carbocycles. The van der Waals surface area contributed by atoms with Crippen molar-refractivity contribution >= 4 is 33.5 Å². The predicted octanol–water partition coefficient (Wildman–Crippen LogP) is 1.19. The molecule has 6 heteroatoms. The van der Waals surface area contributed by atoms with E-state index >= 15 is 0 Å². The standard InChI is InChI=1S/C8H7N3O2S/c12-7(13)4-10-8-9-3-6-5(11-8)1-2-14-6/h1-3H,4H2,(H,12,13)(H,9,10,11). The van der Waals surface area contributed by atoms with Crippen molar-refractivity contribution in [2.24, 2.45) is 0 Å². The van der Waals surface area contributed by atoms with Crippen molar-refractivity contribution in [1.29, 1.82) is 0 Å². The molecule has 72 valence electrons. The third-order valence-corrected chi connectivity index (χ3v) is 2.44. The number of carboxylic acids is 1. The van der Waals surface area contributed by atoms with Crippen LogP contribution < -0.4 is 5.32 Å². The van der Waals surface area contributed by atoms with Crippen LogP contribution in [-0.2, 0) is 4.79 Å². The van der Waals surface area contributed by atoms with Crippen molar-refractivity contribution in [3.05, 3.63) is 17.6 Å². The van der Waals surface area contributed by atoms with Gasteiger partial charge in [-0.25, -0.2) is 9.97 Å². The van der Waals surface area contributed by atoms with E-state index in [0.29, 0.717) is 5.95 Å². The third kappa shape index (κ3) is 1.80. The molecule has 14 heavy (non-hydrogen) atoms. The van der Waals surface area contributed by atoms with Crippen LogP contribution >= 0.6 is 11.3 Å². The molecule has 0 aliphatic rings. The summed E-state index contributed by atoms with van der Waals surface area (Å²) in [6, 6.07) is 1.87. The second-order valence-corrected chi connectivity index (χ2v) is 3.56. The van der Waals surface area contributed by atoms with Crippen LogP contribution in [-0.4, -0.2) is 27.6 Å². The van der Waals surface area contributed by atoms with Crippen LogP contribution in [0, 0.1) is 0 Å². The number of fused-ring (bicyclic) bond motifs is 1. The molecule has 0 fully saturated rings. The maximum absolute atomic E-state index is 10.3. The summed E-state index contributed by atoms with van der Waals surface area (Å²) in [5, 5.41) is 13.0. The van der Waals surface area contributed by atoms with Crippen LogP contribution in [0.4, 0.5) is 5.95 Å². The highest BCUT2D eigenvalue weighted by Crippen LogP contribution is 2.18. The van der Waals surface area contributed by atoms with Gasteiger partial charge in [-0.1, -0.05) is 0 Å². The minimum Gasteiger partial charge on any atom is -0.480 e. The number of aliphatic carboxylic acids is 1. The summed E-state index contributed by atoms with van der Waals surface area (Å²) < 4.78 is 0.992. The van der Waals surface area contributed by atoms with E-state index in [4.69, 9.17) is 5.11 Å². The fourth-order valence-corrected chi connectivity index (χ4v) is 1.70. The average Bonchev–Trinajstić information content (AvgIpc) is 2.61. The molecular formula is C8H7N3O2S. The summed E-state index contributed by atoms with van der Waals surface area (Å²) in [5.41, 5.74) is 0.831. The van der Waals surface area contributed by atoms with Gasteiger partial charge < -0.3 is 10.4 Å². The van der Waals surface area contributed by atoms with Crippen LogP contribution in [0.1, 0.15) is 0 Å². The Kier molecular flexibility index (Phi) is 2.28. The van der Waals surface area contributed by atoms with E-state index in [-0.39, 0.29) is 6.54 Å². The maximum Gasteiger partial charge on any atom is 0.322 e. The predicted molar refractivity (Wildman–Crippen MR) is 53.5 cm³/mol. The topological polar surface area (TPSA) is 75.1 Å². The van der Waals surface area contributed by atoms with E-state index in [1.807, 2.05) is 11.4 Å². The molecule has 0 amide bonds. The summed E-state index contributed by atoms with van der Waals surface area (Å²) >= 11 is 1.55. The first-order chi connectivity index (χ1) is 6.75. The van der Waals surface area contributed by atoms with Gasteiger partial charge in [-0.15, -0.1) is 11.3 Å². The largest absolute Gasteiger partial charge is 0.480 e. The van der Waals surface area contributed by atoms with E-state index in [1.165, 1.54) is 0 Å². The van der Waals surface area contributed by atoms with Crippen LogP contribution in [0.5, 0.6) is 0 Å². The van der Waals surface area contributed by atoms with Gasteiger partial charge in [0.05, 0.1) is 16.4 Å². The molecule has 0 bridgehead atoms. The van der Waals surface area contributed by atoms with Gasteiger partial charge in [-0.2, -0.15) is 0 Å². The number of anilines is 1. The van der Waals surface area contributed by atoms with Crippen LogP contribution in [0.15, 0.2) is 17.6 Å². The molecule has 2 N–H and O–H groups in total. The highest BCUT2D eigenvalue weighted by Gasteiger charge is 2.01. The van der Waals surface area contributed by atoms with E-state index in [0.717, 1.165) is 10.2 Å². The molecule has 0 atom stereocenters. The van der Waals surface area contributed by atoms with E-state index in [2.05, 4.69) is 15.3 Å². The van der Waals surface area contributed by atoms with Gasteiger partial charge >= 0.3 is 5.97 Å². The molecule has 0 aliphatic heterocycles. The van der Waals surface area contributed by atoms with Gasteiger partial charge in [0.15, 0.2) is 0 Å². The van der Waals surface area contributed by atoms with Crippen molar-refractivity contribution < 1.29 is 9.90 Å². The van der Waals surface area contributed by atoms with Crippen LogP contribution in [0.3, 0.4) is 0 Å². The molecule has 2 aromatic rings. The van der Waals surface area contributed by atoms with Gasteiger partial charge in [0.2, 0.25) is 5.95 Å². The molecule has 0 aliphatic carbocycles. The zero-order valence-electron chi connectivity index (χ0n) is 7.10. The lowest BCUT2D eigenvalue weighted by atomic mass is 10.5. The second kappa shape index (κ2) is 3.59. The number of thiophene rings is 1. The Bertz CT molecular complexity index is 468. The first kappa shape index (κ1) is 8.89. The van der Waals surface area contributed by atoms with Gasteiger partial charge in [0.25, 0.3) is 0 Å². The van der Waals surface area contributed by atoms with E-state index in [1.54, 1.807) is 17.5 Å². The Morgan fingerprint density at radius 3 is 3.29 bits per heavy atom. The van der Waals surface area contributed by atoms with Crippen LogP contribution in [0.2, 0.25) is 0 Å². The quantitative estimate of drug-likeness (QED) is 0.794. The Balaban J connectivity index is 2.21. The smallest absolute Gasteiger partial charge is 0.322 e.